The average molecular weight is 409 g/mol. The molecule has 11 heteroatoms. The number of anilines is 1. The van der Waals surface area contributed by atoms with Crippen molar-refractivity contribution in [2.45, 2.75) is 6.36 Å². The molecule has 1 aromatic heterocycles. The van der Waals surface area contributed by atoms with Gasteiger partial charge in [0.2, 0.25) is 5.91 Å². The van der Waals surface area contributed by atoms with Crippen LogP contribution in [0.25, 0.3) is 0 Å². The number of aromatic nitrogens is 2. The van der Waals surface area contributed by atoms with Gasteiger partial charge in [-0.1, -0.05) is 0 Å². The number of benzene rings is 1. The van der Waals surface area contributed by atoms with Gasteiger partial charge in [-0.15, -0.1) is 13.2 Å². The molecule has 0 aliphatic carbocycles. The van der Waals surface area contributed by atoms with E-state index in [0.29, 0.717) is 31.9 Å². The summed E-state index contributed by atoms with van der Waals surface area (Å²) in [6, 6.07) is 4.91. The van der Waals surface area contributed by atoms with Gasteiger partial charge in [0.1, 0.15) is 11.4 Å². The number of carbonyl (C=O) groups is 2. The number of nitrogens with one attached hydrogen (secondary N) is 1. The second kappa shape index (κ2) is 8.86. The Morgan fingerprint density at radius 1 is 1.07 bits per heavy atom. The van der Waals surface area contributed by atoms with E-state index in [4.69, 9.17) is 0 Å². The first-order valence-corrected chi connectivity index (χ1v) is 8.73. The summed E-state index contributed by atoms with van der Waals surface area (Å²) in [6.45, 7) is 2.03. The lowest BCUT2D eigenvalue weighted by molar-refractivity contribution is -0.274. The molecule has 1 saturated heterocycles. The van der Waals surface area contributed by atoms with E-state index in [0.717, 1.165) is 12.1 Å². The molecule has 29 heavy (non-hydrogen) atoms. The number of hydrogen-bond acceptors (Lipinski definition) is 6. The molecule has 0 spiro atoms. The van der Waals surface area contributed by atoms with Gasteiger partial charge < -0.3 is 15.0 Å². The van der Waals surface area contributed by atoms with Crippen LogP contribution in [0, 0.1) is 0 Å². The number of halogens is 3. The average Bonchev–Trinajstić information content (AvgIpc) is 2.69. The highest BCUT2D eigenvalue weighted by atomic mass is 19.4. The highest BCUT2D eigenvalue weighted by molar-refractivity contribution is 5.93. The Morgan fingerprint density at radius 2 is 1.76 bits per heavy atom. The molecule has 1 aromatic carbocycles. The molecular formula is C18H18F3N5O3. The largest absolute Gasteiger partial charge is 0.573 e. The number of carbonyl (C=O) groups excluding carboxylic acids is 2. The molecule has 1 aliphatic rings. The standard InChI is InChI=1S/C18H18F3N5O3/c19-18(20,21)29-14-3-1-13(2-4-14)24-16(27)12-25-7-9-26(10-8-25)17(28)15-11-22-5-6-23-15/h1-6,11H,7-10,12H2,(H,24,27). The van der Waals surface area contributed by atoms with Crippen molar-refractivity contribution in [3.8, 4) is 5.75 Å². The van der Waals surface area contributed by atoms with Crippen molar-refractivity contribution in [2.24, 2.45) is 0 Å². The Bertz CT molecular complexity index is 838. The molecule has 2 heterocycles. The minimum atomic E-state index is -4.76. The molecule has 8 nitrogen and oxygen atoms in total. The number of amides is 2. The van der Waals surface area contributed by atoms with E-state index >= 15 is 0 Å². The first kappa shape index (κ1) is 20.5. The van der Waals surface area contributed by atoms with Crippen molar-refractivity contribution in [1.29, 1.82) is 0 Å². The lowest BCUT2D eigenvalue weighted by Gasteiger charge is -2.34. The summed E-state index contributed by atoms with van der Waals surface area (Å²) in [6.07, 6.45) is -0.408. The third-order valence-electron chi connectivity index (χ3n) is 4.18. The minimum Gasteiger partial charge on any atom is -0.406 e. The fourth-order valence-corrected chi connectivity index (χ4v) is 2.82. The highest BCUT2D eigenvalue weighted by Crippen LogP contribution is 2.23. The number of hydrogen-bond donors (Lipinski definition) is 1. The van der Waals surface area contributed by atoms with Gasteiger partial charge in [-0.2, -0.15) is 0 Å². The molecule has 1 aliphatic heterocycles. The maximum absolute atomic E-state index is 12.3. The van der Waals surface area contributed by atoms with Crippen molar-refractivity contribution < 1.29 is 27.5 Å². The van der Waals surface area contributed by atoms with Crippen LogP contribution in [-0.4, -0.2) is 70.7 Å². The zero-order chi connectivity index (χ0) is 20.9. The van der Waals surface area contributed by atoms with Crippen LogP contribution in [0.4, 0.5) is 18.9 Å². The topological polar surface area (TPSA) is 87.7 Å². The third-order valence-corrected chi connectivity index (χ3v) is 4.18. The summed E-state index contributed by atoms with van der Waals surface area (Å²) in [5, 5.41) is 2.62. The first-order chi connectivity index (χ1) is 13.8. The Kier molecular flexibility index (Phi) is 6.27. The quantitative estimate of drug-likeness (QED) is 0.810. The summed E-state index contributed by atoms with van der Waals surface area (Å²) in [5.41, 5.74) is 0.637. The maximum Gasteiger partial charge on any atom is 0.573 e. The van der Waals surface area contributed by atoms with Gasteiger partial charge in [0.05, 0.1) is 12.7 Å². The van der Waals surface area contributed by atoms with E-state index in [1.54, 1.807) is 4.90 Å². The second-order valence-corrected chi connectivity index (χ2v) is 6.28. The van der Waals surface area contributed by atoms with Gasteiger partial charge in [-0.05, 0) is 24.3 Å². The summed E-state index contributed by atoms with van der Waals surface area (Å²) >= 11 is 0. The van der Waals surface area contributed by atoms with Gasteiger partial charge in [0.15, 0.2) is 0 Å². The van der Waals surface area contributed by atoms with E-state index in [9.17, 15) is 22.8 Å². The van der Waals surface area contributed by atoms with Crippen molar-refractivity contribution in [3.05, 3.63) is 48.5 Å². The van der Waals surface area contributed by atoms with Crippen molar-refractivity contribution in [3.63, 3.8) is 0 Å². The SMILES string of the molecule is O=C(CN1CCN(C(=O)c2cnccn2)CC1)Nc1ccc(OC(F)(F)F)cc1. The highest BCUT2D eigenvalue weighted by Gasteiger charge is 2.31. The number of rotatable bonds is 5. The Morgan fingerprint density at radius 3 is 2.34 bits per heavy atom. The van der Waals surface area contributed by atoms with Crippen molar-refractivity contribution in [1.82, 2.24) is 19.8 Å². The minimum absolute atomic E-state index is 0.105. The predicted octanol–water partition coefficient (Wildman–Crippen LogP) is 1.77. The second-order valence-electron chi connectivity index (χ2n) is 6.28. The number of nitrogens with zero attached hydrogens (tertiary/aromatic N) is 4. The van der Waals surface area contributed by atoms with E-state index in [1.165, 1.54) is 30.7 Å². The molecule has 2 aromatic rings. The van der Waals surface area contributed by atoms with E-state index in [-0.39, 0.29) is 29.8 Å². The number of alkyl halides is 3. The van der Waals surface area contributed by atoms with E-state index < -0.39 is 6.36 Å². The van der Waals surface area contributed by atoms with Crippen LogP contribution >= 0.6 is 0 Å². The molecule has 0 saturated carbocycles. The summed E-state index contributed by atoms with van der Waals surface area (Å²) in [7, 11) is 0. The van der Waals surface area contributed by atoms with Crippen molar-refractivity contribution in [2.75, 3.05) is 38.0 Å². The van der Waals surface area contributed by atoms with Crippen LogP contribution in [0.1, 0.15) is 10.5 Å². The molecule has 0 atom stereocenters. The Labute approximate surface area is 164 Å². The van der Waals surface area contributed by atoms with Crippen LogP contribution in [0.5, 0.6) is 5.75 Å². The monoisotopic (exact) mass is 409 g/mol. The third kappa shape index (κ3) is 6.14. The normalized spacial score (nSPS) is 15.1. The zero-order valence-electron chi connectivity index (χ0n) is 15.2. The number of piperazine rings is 1. The Hall–Kier alpha value is -3.21. The lowest BCUT2D eigenvalue weighted by Crippen LogP contribution is -2.50. The summed E-state index contributed by atoms with van der Waals surface area (Å²) in [5.74, 6) is -0.869. The van der Waals surface area contributed by atoms with Gasteiger partial charge in [-0.25, -0.2) is 4.98 Å². The van der Waals surface area contributed by atoms with Crippen LogP contribution in [-0.2, 0) is 4.79 Å². The van der Waals surface area contributed by atoms with E-state index in [1.807, 2.05) is 4.90 Å². The van der Waals surface area contributed by atoms with Crippen molar-refractivity contribution >= 4 is 17.5 Å². The van der Waals surface area contributed by atoms with Gasteiger partial charge in [0.25, 0.3) is 5.91 Å². The first-order valence-electron chi connectivity index (χ1n) is 8.73. The fourth-order valence-electron chi connectivity index (χ4n) is 2.82. The predicted molar refractivity (Wildman–Crippen MR) is 96.1 cm³/mol. The zero-order valence-corrected chi connectivity index (χ0v) is 15.2. The van der Waals surface area contributed by atoms with E-state index in [2.05, 4.69) is 20.0 Å². The molecule has 2 amide bonds. The molecular weight excluding hydrogens is 391 g/mol. The summed E-state index contributed by atoms with van der Waals surface area (Å²) in [4.78, 5) is 35.9. The fraction of sp³-hybridized carbons (Fsp3) is 0.333. The lowest BCUT2D eigenvalue weighted by atomic mass is 10.2. The van der Waals surface area contributed by atoms with Crippen LogP contribution in [0.2, 0.25) is 0 Å². The molecule has 0 unspecified atom stereocenters. The van der Waals surface area contributed by atoms with Crippen LogP contribution < -0.4 is 10.1 Å². The molecule has 3 rings (SSSR count). The summed E-state index contributed by atoms with van der Waals surface area (Å²) < 4.78 is 40.3. The van der Waals surface area contributed by atoms with Gasteiger partial charge in [0, 0.05) is 44.3 Å². The molecule has 154 valence electrons. The van der Waals surface area contributed by atoms with Gasteiger partial charge >= 0.3 is 6.36 Å². The maximum atomic E-state index is 12.3. The van der Waals surface area contributed by atoms with Crippen LogP contribution in [0.3, 0.4) is 0 Å². The van der Waals surface area contributed by atoms with Crippen LogP contribution in [0.15, 0.2) is 42.9 Å². The molecule has 0 radical (unpaired) electrons. The Balaban J connectivity index is 1.44. The molecule has 0 bridgehead atoms. The molecule has 1 fully saturated rings. The smallest absolute Gasteiger partial charge is 0.406 e. The van der Waals surface area contributed by atoms with Gasteiger partial charge in [-0.3, -0.25) is 19.5 Å². The number of ether oxygens (including phenoxy) is 1. The molecule has 1 N–H and O–H groups in total.